The highest BCUT2D eigenvalue weighted by Crippen LogP contribution is 2.18. The molecule has 0 atom stereocenters. The summed E-state index contributed by atoms with van der Waals surface area (Å²) in [4.78, 5) is 4.17. The normalized spacial score (nSPS) is 11.7. The first-order chi connectivity index (χ1) is 13.3. The Bertz CT molecular complexity index is 775. The summed E-state index contributed by atoms with van der Waals surface area (Å²) in [6.45, 7) is 4.77. The lowest BCUT2D eigenvalue weighted by Crippen LogP contribution is -2.37. The van der Waals surface area contributed by atoms with Gasteiger partial charge in [0, 0.05) is 32.4 Å². The number of ether oxygens (including phenoxy) is 1. The Labute approximate surface area is 185 Å². The van der Waals surface area contributed by atoms with Crippen LogP contribution in [0, 0.1) is 13.8 Å². The van der Waals surface area contributed by atoms with E-state index >= 15 is 0 Å². The zero-order valence-corrected chi connectivity index (χ0v) is 19.0. The Hall–Kier alpha value is -1.98. The van der Waals surface area contributed by atoms with Crippen molar-refractivity contribution in [1.82, 2.24) is 20.4 Å². The second kappa shape index (κ2) is 11.9. The van der Waals surface area contributed by atoms with Crippen molar-refractivity contribution in [2.45, 2.75) is 39.5 Å². The molecule has 0 amide bonds. The topological polar surface area (TPSA) is 63.5 Å². The lowest BCUT2D eigenvalue weighted by molar-refractivity contribution is -0.153. The molecule has 1 aromatic carbocycles. The molecule has 0 aliphatic carbocycles. The van der Waals surface area contributed by atoms with Crippen LogP contribution in [-0.4, -0.2) is 42.1 Å². The van der Waals surface area contributed by atoms with Gasteiger partial charge in [-0.3, -0.25) is 9.67 Å². The summed E-state index contributed by atoms with van der Waals surface area (Å²) in [6.07, 6.45) is -3.44. The van der Waals surface area contributed by atoms with Gasteiger partial charge in [-0.1, -0.05) is 12.1 Å². The summed E-state index contributed by atoms with van der Waals surface area (Å²) < 4.78 is 43.1. The zero-order chi connectivity index (χ0) is 20.6. The van der Waals surface area contributed by atoms with Crippen LogP contribution in [0.1, 0.15) is 23.4 Å². The molecule has 0 saturated heterocycles. The first-order valence-electron chi connectivity index (χ1n) is 9.01. The van der Waals surface area contributed by atoms with Gasteiger partial charge in [0.05, 0.1) is 5.69 Å². The zero-order valence-electron chi connectivity index (χ0n) is 16.7. The van der Waals surface area contributed by atoms with Crippen LogP contribution in [0.2, 0.25) is 0 Å². The van der Waals surface area contributed by atoms with E-state index in [9.17, 15) is 13.2 Å². The summed E-state index contributed by atoms with van der Waals surface area (Å²) in [7, 11) is 1.68. The van der Waals surface area contributed by atoms with Crippen LogP contribution < -0.4 is 15.4 Å². The number of hydrogen-bond acceptors (Lipinski definition) is 3. The van der Waals surface area contributed by atoms with Gasteiger partial charge in [0.2, 0.25) is 0 Å². The van der Waals surface area contributed by atoms with Crippen LogP contribution in [-0.2, 0) is 13.1 Å². The molecule has 10 heteroatoms. The predicted molar refractivity (Wildman–Crippen MR) is 118 cm³/mol. The molecular weight excluding hydrogens is 498 g/mol. The van der Waals surface area contributed by atoms with Crippen molar-refractivity contribution in [3.63, 3.8) is 0 Å². The fraction of sp³-hybridized carbons (Fsp3) is 0.474. The van der Waals surface area contributed by atoms with E-state index in [-0.39, 0.29) is 29.7 Å². The van der Waals surface area contributed by atoms with Gasteiger partial charge in [-0.25, -0.2) is 0 Å². The van der Waals surface area contributed by atoms with Crippen LogP contribution in [0.3, 0.4) is 0 Å². The molecule has 0 aliphatic heterocycles. The van der Waals surface area contributed by atoms with Crippen molar-refractivity contribution in [3.05, 3.63) is 47.3 Å². The molecule has 29 heavy (non-hydrogen) atoms. The number of aryl methyl sites for hydroxylation is 3. The number of guanidine groups is 1. The van der Waals surface area contributed by atoms with Crippen molar-refractivity contribution in [2.24, 2.45) is 4.99 Å². The molecule has 162 valence electrons. The monoisotopic (exact) mass is 525 g/mol. The number of alkyl halides is 3. The summed E-state index contributed by atoms with van der Waals surface area (Å²) in [5.41, 5.74) is 3.06. The highest BCUT2D eigenvalue weighted by atomic mass is 127. The van der Waals surface area contributed by atoms with Crippen LogP contribution >= 0.6 is 24.0 Å². The lowest BCUT2D eigenvalue weighted by atomic mass is 10.2. The number of nitrogens with zero attached hydrogens (tertiary/aromatic N) is 3. The Morgan fingerprint density at radius 2 is 1.86 bits per heavy atom. The van der Waals surface area contributed by atoms with Crippen LogP contribution in [0.25, 0.3) is 0 Å². The molecule has 0 radical (unpaired) electrons. The summed E-state index contributed by atoms with van der Waals surface area (Å²) in [6, 6.07) is 8.53. The maximum Gasteiger partial charge on any atom is 0.422 e. The van der Waals surface area contributed by atoms with E-state index in [4.69, 9.17) is 4.74 Å². The van der Waals surface area contributed by atoms with Crippen molar-refractivity contribution < 1.29 is 17.9 Å². The third kappa shape index (κ3) is 9.37. The summed E-state index contributed by atoms with van der Waals surface area (Å²) >= 11 is 0. The maximum atomic E-state index is 12.2. The molecule has 2 rings (SSSR count). The molecule has 0 aliphatic rings. The number of halogens is 4. The molecule has 2 aromatic rings. The van der Waals surface area contributed by atoms with E-state index in [0.29, 0.717) is 12.5 Å². The van der Waals surface area contributed by atoms with Gasteiger partial charge in [0.25, 0.3) is 0 Å². The van der Waals surface area contributed by atoms with E-state index < -0.39 is 12.8 Å². The fourth-order valence-corrected chi connectivity index (χ4v) is 2.61. The number of hydrogen-bond donors (Lipinski definition) is 2. The smallest absolute Gasteiger partial charge is 0.422 e. The summed E-state index contributed by atoms with van der Waals surface area (Å²) in [5, 5.41) is 10.8. The van der Waals surface area contributed by atoms with Crippen LogP contribution in [0.15, 0.2) is 35.3 Å². The number of aliphatic imine (C=N–C) groups is 1. The second-order valence-electron chi connectivity index (χ2n) is 6.40. The van der Waals surface area contributed by atoms with Crippen molar-refractivity contribution in [2.75, 3.05) is 20.2 Å². The Kier molecular flexibility index (Phi) is 10.3. The molecule has 0 bridgehead atoms. The maximum absolute atomic E-state index is 12.2. The van der Waals surface area contributed by atoms with E-state index in [2.05, 4.69) is 20.7 Å². The Morgan fingerprint density at radius 1 is 1.17 bits per heavy atom. The third-order valence-corrected chi connectivity index (χ3v) is 3.95. The van der Waals surface area contributed by atoms with Gasteiger partial charge < -0.3 is 15.4 Å². The summed E-state index contributed by atoms with van der Waals surface area (Å²) in [5.74, 6) is 0.846. The average molecular weight is 525 g/mol. The number of rotatable bonds is 8. The highest BCUT2D eigenvalue weighted by molar-refractivity contribution is 14.0. The molecular formula is C19H27F3IN5O. The van der Waals surface area contributed by atoms with Crippen LogP contribution in [0.5, 0.6) is 5.75 Å². The number of nitrogens with one attached hydrogen (secondary N) is 2. The van der Waals surface area contributed by atoms with Crippen molar-refractivity contribution in [1.29, 1.82) is 0 Å². The molecule has 2 N–H and O–H groups in total. The molecule has 6 nitrogen and oxygen atoms in total. The molecule has 0 unspecified atom stereocenters. The van der Waals surface area contributed by atoms with E-state index in [1.807, 2.05) is 24.6 Å². The van der Waals surface area contributed by atoms with Gasteiger partial charge in [0.15, 0.2) is 12.6 Å². The van der Waals surface area contributed by atoms with Crippen molar-refractivity contribution >= 4 is 29.9 Å². The number of benzene rings is 1. The number of aromatic nitrogens is 2. The minimum absolute atomic E-state index is 0. The molecule has 0 fully saturated rings. The van der Waals surface area contributed by atoms with Gasteiger partial charge in [0.1, 0.15) is 5.75 Å². The van der Waals surface area contributed by atoms with Gasteiger partial charge in [-0.15, -0.1) is 24.0 Å². The first-order valence-corrected chi connectivity index (χ1v) is 9.01. The fourth-order valence-electron chi connectivity index (χ4n) is 2.61. The Balaban J connectivity index is 0.00000420. The minimum atomic E-state index is -4.34. The van der Waals surface area contributed by atoms with E-state index in [1.165, 1.54) is 12.1 Å². The molecule has 0 spiro atoms. The lowest BCUT2D eigenvalue weighted by Gasteiger charge is -2.13. The molecule has 1 heterocycles. The van der Waals surface area contributed by atoms with Gasteiger partial charge in [-0.2, -0.15) is 18.3 Å². The quantitative estimate of drug-likeness (QED) is 0.238. The van der Waals surface area contributed by atoms with Gasteiger partial charge in [-0.05, 0) is 44.0 Å². The molecule has 1 aromatic heterocycles. The highest BCUT2D eigenvalue weighted by Gasteiger charge is 2.28. The third-order valence-electron chi connectivity index (χ3n) is 3.95. The molecule has 0 saturated carbocycles. The van der Waals surface area contributed by atoms with Gasteiger partial charge >= 0.3 is 6.18 Å². The first kappa shape index (κ1) is 25.1. The average Bonchev–Trinajstić information content (AvgIpc) is 2.97. The largest absolute Gasteiger partial charge is 0.484 e. The van der Waals surface area contributed by atoms with Crippen LogP contribution in [0.4, 0.5) is 13.2 Å². The van der Waals surface area contributed by atoms with E-state index in [1.54, 1.807) is 19.2 Å². The Morgan fingerprint density at radius 3 is 2.41 bits per heavy atom. The SMILES string of the molecule is CN=C(NCCCn1nc(C)cc1C)NCc1ccc(OCC(F)(F)F)cc1.I. The minimum Gasteiger partial charge on any atom is -0.484 e. The van der Waals surface area contributed by atoms with E-state index in [0.717, 1.165) is 36.5 Å². The van der Waals surface area contributed by atoms with Crippen molar-refractivity contribution in [3.8, 4) is 5.75 Å². The standard InChI is InChI=1S/C19H26F3N5O.HI/c1-14-11-15(2)27(26-14)10-4-9-24-18(23-3)25-12-16-5-7-17(8-6-16)28-13-19(20,21)22;/h5-8,11H,4,9-10,12-13H2,1-3H3,(H2,23,24,25);1H. The second-order valence-corrected chi connectivity index (χ2v) is 6.40. The predicted octanol–water partition coefficient (Wildman–Crippen LogP) is 3.81.